The summed E-state index contributed by atoms with van der Waals surface area (Å²) in [5.41, 5.74) is 3.37. The molecule has 0 atom stereocenters. The summed E-state index contributed by atoms with van der Waals surface area (Å²) in [6, 6.07) is 14.3. The highest BCUT2D eigenvalue weighted by Crippen LogP contribution is 2.22. The van der Waals surface area contributed by atoms with Crippen molar-refractivity contribution in [1.29, 1.82) is 0 Å². The molecule has 0 radical (unpaired) electrons. The highest BCUT2D eigenvalue weighted by Gasteiger charge is 2.26. The third-order valence-corrected chi connectivity index (χ3v) is 3.87. The second-order valence-corrected chi connectivity index (χ2v) is 6.15. The molecule has 2 rings (SSSR count). The van der Waals surface area contributed by atoms with Crippen LogP contribution in [-0.2, 0) is 0 Å². The lowest BCUT2D eigenvalue weighted by atomic mass is 10.0. The van der Waals surface area contributed by atoms with E-state index in [0.717, 1.165) is 16.7 Å². The molecule has 2 nitrogen and oxygen atoms in total. The summed E-state index contributed by atoms with van der Waals surface area (Å²) in [6.07, 6.45) is -3.51. The van der Waals surface area contributed by atoms with Gasteiger partial charge in [0.2, 0.25) is 0 Å². The van der Waals surface area contributed by atoms with Gasteiger partial charge in [-0.15, -0.1) is 0 Å². The van der Waals surface area contributed by atoms with Gasteiger partial charge in [0.15, 0.2) is 5.78 Å². The first kappa shape index (κ1) is 19.8. The molecule has 0 amide bonds. The molecule has 0 aliphatic carbocycles. The maximum absolute atomic E-state index is 12.3. The second-order valence-electron chi connectivity index (χ2n) is 6.15. The number of rotatable bonds is 7. The SMILES string of the molecule is C/C(=C\C(=O)c1ccc(C)cc1)c1ccc(OCCCC(F)(F)F)cc1. The Morgan fingerprint density at radius 3 is 2.15 bits per heavy atom. The molecule has 0 fully saturated rings. The van der Waals surface area contributed by atoms with Crippen LogP contribution in [0.2, 0.25) is 0 Å². The summed E-state index contributed by atoms with van der Waals surface area (Å²) in [4.78, 5) is 12.3. The number of aryl methyl sites for hydroxylation is 1. The lowest BCUT2D eigenvalue weighted by Crippen LogP contribution is -2.09. The number of carbonyl (C=O) groups excluding carboxylic acids is 1. The van der Waals surface area contributed by atoms with Crippen LogP contribution in [0.15, 0.2) is 54.6 Å². The minimum Gasteiger partial charge on any atom is -0.494 e. The number of ether oxygens (including phenoxy) is 1. The first-order valence-electron chi connectivity index (χ1n) is 8.34. The molecule has 0 aliphatic rings. The first-order chi connectivity index (χ1) is 12.2. The standard InChI is InChI=1S/C21H21F3O2/c1-15-4-6-18(7-5-15)20(25)14-16(2)17-8-10-19(11-9-17)26-13-3-12-21(22,23)24/h4-11,14H,3,12-13H2,1-2H3/b16-14+. The monoisotopic (exact) mass is 362 g/mol. The van der Waals surface area contributed by atoms with E-state index in [4.69, 9.17) is 4.74 Å². The largest absolute Gasteiger partial charge is 0.494 e. The van der Waals surface area contributed by atoms with Crippen LogP contribution in [0.5, 0.6) is 5.75 Å². The van der Waals surface area contributed by atoms with E-state index >= 15 is 0 Å². The molecule has 2 aromatic carbocycles. The van der Waals surface area contributed by atoms with Crippen molar-refractivity contribution in [2.75, 3.05) is 6.61 Å². The number of hydrogen-bond donors (Lipinski definition) is 0. The van der Waals surface area contributed by atoms with Gasteiger partial charge >= 0.3 is 6.18 Å². The zero-order chi connectivity index (χ0) is 19.2. The Balaban J connectivity index is 1.94. The number of benzene rings is 2. The van der Waals surface area contributed by atoms with Gasteiger partial charge in [0, 0.05) is 12.0 Å². The van der Waals surface area contributed by atoms with E-state index in [1.165, 1.54) is 0 Å². The topological polar surface area (TPSA) is 26.3 Å². The summed E-state index contributed by atoms with van der Waals surface area (Å²) >= 11 is 0. The summed E-state index contributed by atoms with van der Waals surface area (Å²) in [6.45, 7) is 3.81. The lowest BCUT2D eigenvalue weighted by Gasteiger charge is -2.09. The van der Waals surface area contributed by atoms with Crippen molar-refractivity contribution < 1.29 is 22.7 Å². The fraction of sp³-hybridized carbons (Fsp3) is 0.286. The lowest BCUT2D eigenvalue weighted by molar-refractivity contribution is -0.136. The Bertz CT molecular complexity index is 757. The minimum absolute atomic E-state index is 0.0135. The first-order valence-corrected chi connectivity index (χ1v) is 8.34. The van der Waals surface area contributed by atoms with Crippen LogP contribution in [0.4, 0.5) is 13.2 Å². The average molecular weight is 362 g/mol. The molecule has 0 saturated heterocycles. The number of carbonyl (C=O) groups is 1. The van der Waals surface area contributed by atoms with Crippen molar-refractivity contribution in [3.63, 3.8) is 0 Å². The van der Waals surface area contributed by atoms with Crippen molar-refractivity contribution in [2.45, 2.75) is 32.9 Å². The van der Waals surface area contributed by atoms with Gasteiger partial charge in [0.25, 0.3) is 0 Å². The van der Waals surface area contributed by atoms with E-state index in [0.29, 0.717) is 11.3 Å². The van der Waals surface area contributed by atoms with Gasteiger partial charge in [0.1, 0.15) is 5.75 Å². The number of allylic oxidation sites excluding steroid dienone is 2. The van der Waals surface area contributed by atoms with Crippen LogP contribution in [-0.4, -0.2) is 18.6 Å². The van der Waals surface area contributed by atoms with Crippen LogP contribution >= 0.6 is 0 Å². The molecule has 0 aliphatic heterocycles. The fourth-order valence-electron chi connectivity index (χ4n) is 2.36. The summed E-state index contributed by atoms with van der Waals surface area (Å²) in [5.74, 6) is 0.434. The van der Waals surface area contributed by atoms with Crippen molar-refractivity contribution >= 4 is 11.4 Å². The van der Waals surface area contributed by atoms with Crippen LogP contribution < -0.4 is 4.74 Å². The molecule has 26 heavy (non-hydrogen) atoms. The Morgan fingerprint density at radius 2 is 1.58 bits per heavy atom. The highest BCUT2D eigenvalue weighted by atomic mass is 19.4. The van der Waals surface area contributed by atoms with Gasteiger partial charge < -0.3 is 4.74 Å². The molecule has 0 aromatic heterocycles. The molecule has 2 aromatic rings. The Hall–Kier alpha value is -2.56. The maximum Gasteiger partial charge on any atom is 0.389 e. The van der Waals surface area contributed by atoms with Gasteiger partial charge in [-0.1, -0.05) is 42.0 Å². The van der Waals surface area contributed by atoms with E-state index in [1.807, 2.05) is 26.0 Å². The second kappa shape index (κ2) is 8.70. The quantitative estimate of drug-likeness (QED) is 0.343. The van der Waals surface area contributed by atoms with Crippen LogP contribution in [0.3, 0.4) is 0 Å². The number of ketones is 1. The Morgan fingerprint density at radius 1 is 1.00 bits per heavy atom. The smallest absolute Gasteiger partial charge is 0.389 e. The molecule has 5 heteroatoms. The van der Waals surface area contributed by atoms with Crippen LogP contribution in [0.1, 0.15) is 41.3 Å². The van der Waals surface area contributed by atoms with Crippen LogP contribution in [0.25, 0.3) is 5.57 Å². The molecular formula is C21H21F3O2. The predicted molar refractivity (Wildman–Crippen MR) is 96.4 cm³/mol. The molecule has 0 spiro atoms. The zero-order valence-corrected chi connectivity index (χ0v) is 14.8. The van der Waals surface area contributed by atoms with E-state index < -0.39 is 12.6 Å². The van der Waals surface area contributed by atoms with E-state index in [2.05, 4.69) is 0 Å². The van der Waals surface area contributed by atoms with Gasteiger partial charge in [0.05, 0.1) is 6.61 Å². The van der Waals surface area contributed by atoms with Gasteiger partial charge in [-0.2, -0.15) is 13.2 Å². The molecule has 0 bridgehead atoms. The average Bonchev–Trinajstić information content (AvgIpc) is 2.59. The molecule has 0 saturated carbocycles. The van der Waals surface area contributed by atoms with Crippen molar-refractivity contribution in [3.05, 3.63) is 71.3 Å². The van der Waals surface area contributed by atoms with Gasteiger partial charge in [-0.3, -0.25) is 4.79 Å². The van der Waals surface area contributed by atoms with Crippen molar-refractivity contribution in [1.82, 2.24) is 0 Å². The number of halogens is 3. The maximum atomic E-state index is 12.3. The van der Waals surface area contributed by atoms with E-state index in [-0.39, 0.29) is 18.8 Å². The molecular weight excluding hydrogens is 341 g/mol. The van der Waals surface area contributed by atoms with E-state index in [1.54, 1.807) is 42.5 Å². The molecule has 0 N–H and O–H groups in total. The molecule has 0 unspecified atom stereocenters. The Kier molecular flexibility index (Phi) is 6.61. The minimum atomic E-state index is -4.15. The molecule has 0 heterocycles. The predicted octanol–water partition coefficient (Wildman–Crippen LogP) is 6.00. The number of alkyl halides is 3. The summed E-state index contributed by atoms with van der Waals surface area (Å²) in [5, 5.41) is 0. The number of hydrogen-bond acceptors (Lipinski definition) is 2. The van der Waals surface area contributed by atoms with E-state index in [9.17, 15) is 18.0 Å². The highest BCUT2D eigenvalue weighted by molar-refractivity contribution is 6.08. The van der Waals surface area contributed by atoms with Crippen molar-refractivity contribution in [2.24, 2.45) is 0 Å². The third-order valence-electron chi connectivity index (χ3n) is 3.87. The van der Waals surface area contributed by atoms with Crippen molar-refractivity contribution in [3.8, 4) is 5.75 Å². The zero-order valence-electron chi connectivity index (χ0n) is 14.8. The normalized spacial score (nSPS) is 12.1. The third kappa shape index (κ3) is 6.39. The Labute approximate surface area is 151 Å². The van der Waals surface area contributed by atoms with Gasteiger partial charge in [-0.05, 0) is 49.6 Å². The van der Waals surface area contributed by atoms with Crippen LogP contribution in [0, 0.1) is 6.92 Å². The summed E-state index contributed by atoms with van der Waals surface area (Å²) in [7, 11) is 0. The van der Waals surface area contributed by atoms with Gasteiger partial charge in [-0.25, -0.2) is 0 Å². The summed E-state index contributed by atoms with van der Waals surface area (Å²) < 4.78 is 41.6. The molecule has 138 valence electrons. The fourth-order valence-corrected chi connectivity index (χ4v) is 2.36.